The van der Waals surface area contributed by atoms with Gasteiger partial charge in [-0.3, -0.25) is 0 Å². The highest BCUT2D eigenvalue weighted by Gasteiger charge is 2.39. The third kappa shape index (κ3) is 6.83. The van der Waals surface area contributed by atoms with Crippen LogP contribution < -0.4 is 19.6 Å². The SMILES string of the molecule is c1ccc(-c2cccc(N(c3ccccc3)c3ccc4c5c3Cc3ccccc3N5c3cc5c(cc3C4)N3c4ccccc4Cc4c(N(c6ccccc6)c6cccc(-c7ccccc7)c6)ccc(c43)C5)c2)cc1. The Morgan fingerprint density at radius 2 is 0.608 bits per heavy atom. The van der Waals surface area contributed by atoms with Crippen molar-refractivity contribution in [3.63, 3.8) is 0 Å². The molecule has 0 unspecified atom stereocenters. The topological polar surface area (TPSA) is 13.0 Å². The summed E-state index contributed by atoms with van der Waals surface area (Å²) in [7, 11) is 0. The molecule has 0 radical (unpaired) electrons. The van der Waals surface area contributed by atoms with Gasteiger partial charge in [0.25, 0.3) is 0 Å². The molecule has 0 spiro atoms. The highest BCUT2D eigenvalue weighted by molar-refractivity contribution is 5.99. The summed E-state index contributed by atoms with van der Waals surface area (Å²) in [5, 5.41) is 0. The molecule has 4 heterocycles. The first kappa shape index (κ1) is 42.3. The fraction of sp³-hybridized carbons (Fsp3) is 0.0571. The van der Waals surface area contributed by atoms with E-state index in [-0.39, 0.29) is 0 Å². The Morgan fingerprint density at radius 3 is 1.04 bits per heavy atom. The van der Waals surface area contributed by atoms with Crippen molar-refractivity contribution in [2.45, 2.75) is 25.7 Å². The third-order valence-electron chi connectivity index (χ3n) is 15.8. The maximum atomic E-state index is 2.62. The van der Waals surface area contributed by atoms with Crippen molar-refractivity contribution in [2.24, 2.45) is 0 Å². The molecule has 74 heavy (non-hydrogen) atoms. The molecule has 4 aliphatic rings. The minimum absolute atomic E-state index is 0.840. The fourth-order valence-corrected chi connectivity index (χ4v) is 12.5. The van der Waals surface area contributed by atoms with Gasteiger partial charge >= 0.3 is 0 Å². The summed E-state index contributed by atoms with van der Waals surface area (Å²) in [5.74, 6) is 0. The van der Waals surface area contributed by atoms with Crippen molar-refractivity contribution in [2.75, 3.05) is 19.6 Å². The summed E-state index contributed by atoms with van der Waals surface area (Å²) in [4.78, 5) is 10.2. The fourth-order valence-electron chi connectivity index (χ4n) is 12.5. The van der Waals surface area contributed by atoms with Crippen LogP contribution in [0.15, 0.2) is 255 Å². The second-order valence-corrected chi connectivity index (χ2v) is 20.1. The van der Waals surface area contributed by atoms with Crippen molar-refractivity contribution >= 4 is 68.2 Å². The summed E-state index contributed by atoms with van der Waals surface area (Å²) in [6, 6.07) is 94.2. The number of rotatable bonds is 8. The highest BCUT2D eigenvalue weighted by atomic mass is 15.2. The van der Waals surface area contributed by atoms with Gasteiger partial charge in [-0.15, -0.1) is 0 Å². The second kappa shape index (κ2) is 17.1. The Balaban J connectivity index is 0.887. The van der Waals surface area contributed by atoms with Gasteiger partial charge in [-0.05, 0) is 141 Å². The number of fused-ring (bicyclic) bond motifs is 8. The first-order valence-corrected chi connectivity index (χ1v) is 25.9. The zero-order valence-electron chi connectivity index (χ0n) is 40.9. The lowest BCUT2D eigenvalue weighted by Crippen LogP contribution is -2.29. The normalized spacial score (nSPS) is 13.1. The van der Waals surface area contributed by atoms with Crippen molar-refractivity contribution in [3.8, 4) is 22.3 Å². The highest BCUT2D eigenvalue weighted by Crippen LogP contribution is 2.59. The van der Waals surface area contributed by atoms with Gasteiger partial charge < -0.3 is 19.6 Å². The molecule has 4 nitrogen and oxygen atoms in total. The van der Waals surface area contributed by atoms with E-state index in [1.165, 1.54) is 112 Å². The number of benzene rings is 11. The minimum atomic E-state index is 0.840. The Morgan fingerprint density at radius 1 is 0.243 bits per heavy atom. The van der Waals surface area contributed by atoms with Crippen molar-refractivity contribution < 1.29 is 0 Å². The van der Waals surface area contributed by atoms with Gasteiger partial charge in [0.2, 0.25) is 0 Å². The van der Waals surface area contributed by atoms with Crippen LogP contribution in [-0.2, 0) is 25.7 Å². The van der Waals surface area contributed by atoms with Crippen LogP contribution in [0, 0.1) is 0 Å². The van der Waals surface area contributed by atoms with E-state index in [2.05, 4.69) is 274 Å². The zero-order chi connectivity index (χ0) is 48.7. The molecule has 0 atom stereocenters. The van der Waals surface area contributed by atoms with E-state index in [1.54, 1.807) is 0 Å². The van der Waals surface area contributed by atoms with Crippen molar-refractivity contribution in [1.82, 2.24) is 0 Å². The summed E-state index contributed by atoms with van der Waals surface area (Å²) < 4.78 is 0. The van der Waals surface area contributed by atoms with Crippen molar-refractivity contribution in [3.05, 3.63) is 299 Å². The third-order valence-corrected chi connectivity index (χ3v) is 15.8. The molecule has 0 N–H and O–H groups in total. The average Bonchev–Trinajstić information content (AvgIpc) is 3.50. The summed E-state index contributed by atoms with van der Waals surface area (Å²) in [6.07, 6.45) is 3.36. The van der Waals surface area contributed by atoms with E-state index in [0.29, 0.717) is 0 Å². The van der Waals surface area contributed by atoms with Gasteiger partial charge in [-0.1, -0.05) is 170 Å². The lowest BCUT2D eigenvalue weighted by molar-refractivity contribution is 0.978. The van der Waals surface area contributed by atoms with Crippen LogP contribution in [0.1, 0.15) is 44.5 Å². The van der Waals surface area contributed by atoms with Crippen LogP contribution >= 0.6 is 0 Å². The molecule has 11 aromatic carbocycles. The van der Waals surface area contributed by atoms with Crippen LogP contribution in [-0.4, -0.2) is 0 Å². The molecule has 0 saturated heterocycles. The molecule has 0 bridgehead atoms. The molecule has 350 valence electrons. The van der Waals surface area contributed by atoms with E-state index >= 15 is 0 Å². The van der Waals surface area contributed by atoms with E-state index in [9.17, 15) is 0 Å². The van der Waals surface area contributed by atoms with Crippen LogP contribution in [0.25, 0.3) is 22.3 Å². The van der Waals surface area contributed by atoms with Gasteiger partial charge in [-0.25, -0.2) is 0 Å². The molecular formula is C70H50N4. The molecule has 0 saturated carbocycles. The largest absolute Gasteiger partial charge is 0.310 e. The summed E-state index contributed by atoms with van der Waals surface area (Å²) >= 11 is 0. The standard InChI is InChI=1S/C70H50N4/c1-5-19-47(20-6-1)49-25-17-31-59(41-49)71(57-27-9-3-10-28-57)65-37-35-53-39-55-46-68-56(45-67(55)73-63-33-15-13-23-51(63)43-61(65)69(53)73)40-54-36-38-66(62-44-52-24-14-16-34-64(52)74(68)70(54)62)72(58-29-11-4-12-30-58)60-32-18-26-50(42-60)48-21-7-2-8-22-48/h1-38,41-42,45-46H,39-40,43-44H2. The molecule has 15 rings (SSSR count). The minimum Gasteiger partial charge on any atom is -0.310 e. The average molecular weight is 947 g/mol. The molecule has 0 aromatic heterocycles. The van der Waals surface area contributed by atoms with Crippen LogP contribution in [0.3, 0.4) is 0 Å². The number of hydrogen-bond acceptors (Lipinski definition) is 4. The van der Waals surface area contributed by atoms with Crippen LogP contribution in [0.2, 0.25) is 0 Å². The van der Waals surface area contributed by atoms with Gasteiger partial charge in [0.05, 0.1) is 34.1 Å². The number of hydrogen-bond donors (Lipinski definition) is 0. The first-order valence-electron chi connectivity index (χ1n) is 25.9. The Kier molecular flexibility index (Phi) is 9.80. The van der Waals surface area contributed by atoms with Gasteiger partial charge in [0, 0.05) is 70.9 Å². The van der Waals surface area contributed by atoms with E-state index < -0.39 is 0 Å². The molecule has 0 amide bonds. The number of nitrogens with zero attached hydrogens (tertiary/aromatic N) is 4. The first-order chi connectivity index (χ1) is 36.7. The second-order valence-electron chi connectivity index (χ2n) is 20.1. The lowest BCUT2D eigenvalue weighted by Gasteiger charge is -2.44. The van der Waals surface area contributed by atoms with E-state index in [4.69, 9.17) is 0 Å². The predicted octanol–water partition coefficient (Wildman–Crippen LogP) is 18.5. The molecule has 0 aliphatic carbocycles. The molecule has 11 aromatic rings. The Labute approximate surface area is 432 Å². The molecular weight excluding hydrogens is 897 g/mol. The lowest BCUT2D eigenvalue weighted by atomic mass is 9.81. The maximum Gasteiger partial charge on any atom is 0.0553 e. The summed E-state index contributed by atoms with van der Waals surface area (Å²) in [6.45, 7) is 0. The van der Waals surface area contributed by atoms with Gasteiger partial charge in [-0.2, -0.15) is 0 Å². The number of para-hydroxylation sites is 4. The maximum absolute atomic E-state index is 2.62. The van der Waals surface area contributed by atoms with Gasteiger partial charge in [0.15, 0.2) is 0 Å². The van der Waals surface area contributed by atoms with Crippen molar-refractivity contribution in [1.29, 1.82) is 0 Å². The number of anilines is 12. The van der Waals surface area contributed by atoms with Gasteiger partial charge in [0.1, 0.15) is 0 Å². The predicted molar refractivity (Wildman–Crippen MR) is 307 cm³/mol. The quantitative estimate of drug-likeness (QED) is 0.150. The smallest absolute Gasteiger partial charge is 0.0553 e. The summed E-state index contributed by atoms with van der Waals surface area (Å²) in [5.41, 5.74) is 30.3. The van der Waals surface area contributed by atoms with Crippen LogP contribution in [0.4, 0.5) is 68.2 Å². The van der Waals surface area contributed by atoms with Crippen LogP contribution in [0.5, 0.6) is 0 Å². The zero-order valence-corrected chi connectivity index (χ0v) is 40.9. The van der Waals surface area contributed by atoms with E-state index in [1.807, 2.05) is 0 Å². The monoisotopic (exact) mass is 946 g/mol. The molecule has 4 heteroatoms. The van der Waals surface area contributed by atoms with E-state index in [0.717, 1.165) is 48.4 Å². The molecule has 0 fully saturated rings. The Hall–Kier alpha value is -9.38. The molecule has 4 aliphatic heterocycles. The Bertz CT molecular complexity index is 3720.